The van der Waals surface area contributed by atoms with Crippen molar-refractivity contribution in [3.63, 3.8) is 0 Å². The van der Waals surface area contributed by atoms with Gasteiger partial charge in [0.25, 0.3) is 0 Å². The minimum Gasteiger partial charge on any atom is -0.466 e. The van der Waals surface area contributed by atoms with Gasteiger partial charge < -0.3 is 9.47 Å². The van der Waals surface area contributed by atoms with Crippen molar-refractivity contribution in [1.82, 2.24) is 0 Å². The number of esters is 1. The maximum atomic E-state index is 12.1. The van der Waals surface area contributed by atoms with Crippen LogP contribution in [0, 0.1) is 0 Å². The maximum Gasteiger partial charge on any atom is 0.412 e. The van der Waals surface area contributed by atoms with E-state index in [-0.39, 0.29) is 18.6 Å². The Balaban J connectivity index is 2.83. The van der Waals surface area contributed by atoms with E-state index in [4.69, 9.17) is 9.47 Å². The summed E-state index contributed by atoms with van der Waals surface area (Å²) >= 11 is 0. The fourth-order valence-corrected chi connectivity index (χ4v) is 1.69. The van der Waals surface area contributed by atoms with E-state index in [1.54, 1.807) is 45.9 Å². The molecular formula is C16H21NO5. The molecule has 1 amide bonds. The monoisotopic (exact) mass is 307 g/mol. The van der Waals surface area contributed by atoms with E-state index in [9.17, 15) is 14.4 Å². The fourth-order valence-electron chi connectivity index (χ4n) is 1.69. The standard InChI is InChI=1S/C16H21NO5/c1-5-21-14(19)10-13(18)11-8-6-7-9-12(11)17-15(20)22-16(2,3)4/h6-9H,5,10H2,1-4H3,(H,17,20). The zero-order valence-corrected chi connectivity index (χ0v) is 13.3. The predicted molar refractivity (Wildman–Crippen MR) is 81.9 cm³/mol. The van der Waals surface area contributed by atoms with Gasteiger partial charge in [-0.05, 0) is 39.8 Å². The van der Waals surface area contributed by atoms with Gasteiger partial charge in [0.1, 0.15) is 12.0 Å². The van der Waals surface area contributed by atoms with E-state index in [1.807, 2.05) is 0 Å². The van der Waals surface area contributed by atoms with Gasteiger partial charge in [0.05, 0.1) is 12.3 Å². The molecule has 0 saturated heterocycles. The number of para-hydroxylation sites is 1. The fraction of sp³-hybridized carbons (Fsp3) is 0.438. The normalized spacial score (nSPS) is 10.7. The Morgan fingerprint density at radius 3 is 2.36 bits per heavy atom. The molecule has 120 valence electrons. The van der Waals surface area contributed by atoms with Gasteiger partial charge in [-0.15, -0.1) is 0 Å². The molecule has 0 aliphatic rings. The number of hydrogen-bond acceptors (Lipinski definition) is 5. The Morgan fingerprint density at radius 1 is 1.14 bits per heavy atom. The van der Waals surface area contributed by atoms with Gasteiger partial charge in [-0.1, -0.05) is 12.1 Å². The summed E-state index contributed by atoms with van der Waals surface area (Å²) in [4.78, 5) is 35.3. The van der Waals surface area contributed by atoms with E-state index < -0.39 is 23.4 Å². The predicted octanol–water partition coefficient (Wildman–Crippen LogP) is 3.17. The number of anilines is 1. The minimum atomic E-state index is -0.663. The third-order valence-corrected chi connectivity index (χ3v) is 2.47. The summed E-state index contributed by atoms with van der Waals surface area (Å²) in [5.41, 5.74) is -0.110. The number of Topliss-reactive ketones (excluding diaryl/α,β-unsaturated/α-hetero) is 1. The van der Waals surface area contributed by atoms with Crippen LogP contribution in [0.15, 0.2) is 24.3 Å². The second-order valence-electron chi connectivity index (χ2n) is 5.58. The summed E-state index contributed by atoms with van der Waals surface area (Å²) < 4.78 is 9.89. The molecule has 0 heterocycles. The molecule has 0 saturated carbocycles. The number of carbonyl (C=O) groups is 3. The highest BCUT2D eigenvalue weighted by molar-refractivity contribution is 6.10. The van der Waals surface area contributed by atoms with Gasteiger partial charge >= 0.3 is 12.1 Å². The van der Waals surface area contributed by atoms with Crippen LogP contribution in [0.5, 0.6) is 0 Å². The molecule has 1 aromatic rings. The Kier molecular flexibility index (Phi) is 6.10. The van der Waals surface area contributed by atoms with Crippen molar-refractivity contribution in [1.29, 1.82) is 0 Å². The molecule has 6 nitrogen and oxygen atoms in total. The number of ether oxygens (including phenoxy) is 2. The van der Waals surface area contributed by atoms with Gasteiger partial charge in [0.2, 0.25) is 0 Å². The average molecular weight is 307 g/mol. The zero-order valence-electron chi connectivity index (χ0n) is 13.3. The highest BCUT2D eigenvalue weighted by atomic mass is 16.6. The number of hydrogen-bond donors (Lipinski definition) is 1. The molecule has 0 aliphatic carbocycles. The number of carbonyl (C=O) groups excluding carboxylic acids is 3. The number of amides is 1. The van der Waals surface area contributed by atoms with Crippen LogP contribution >= 0.6 is 0 Å². The first-order valence-electron chi connectivity index (χ1n) is 7.00. The highest BCUT2D eigenvalue weighted by Gasteiger charge is 2.20. The number of nitrogens with one attached hydrogen (secondary N) is 1. The summed E-state index contributed by atoms with van der Waals surface area (Å²) in [6.07, 6.45) is -1.04. The summed E-state index contributed by atoms with van der Waals surface area (Å²) in [6, 6.07) is 6.43. The van der Waals surface area contributed by atoms with Crippen LogP contribution in [0.2, 0.25) is 0 Å². The molecule has 0 bridgehead atoms. The molecule has 22 heavy (non-hydrogen) atoms. The number of rotatable bonds is 5. The van der Waals surface area contributed by atoms with Crippen molar-refractivity contribution in [3.05, 3.63) is 29.8 Å². The van der Waals surface area contributed by atoms with Crippen molar-refractivity contribution < 1.29 is 23.9 Å². The van der Waals surface area contributed by atoms with Crippen LogP contribution in [0.3, 0.4) is 0 Å². The van der Waals surface area contributed by atoms with Crippen LogP contribution in [-0.4, -0.2) is 30.1 Å². The molecule has 1 rings (SSSR count). The molecule has 0 radical (unpaired) electrons. The number of ketones is 1. The maximum absolute atomic E-state index is 12.1. The van der Waals surface area contributed by atoms with Crippen LogP contribution in [0.25, 0.3) is 0 Å². The zero-order chi connectivity index (χ0) is 16.8. The number of benzene rings is 1. The van der Waals surface area contributed by atoms with E-state index in [2.05, 4.69) is 5.32 Å². The lowest BCUT2D eigenvalue weighted by atomic mass is 10.1. The molecular weight excluding hydrogens is 286 g/mol. The van der Waals surface area contributed by atoms with Crippen LogP contribution in [-0.2, 0) is 14.3 Å². The van der Waals surface area contributed by atoms with Crippen molar-refractivity contribution in [2.45, 2.75) is 39.7 Å². The van der Waals surface area contributed by atoms with E-state index in [0.29, 0.717) is 5.69 Å². The first kappa shape index (κ1) is 17.7. The van der Waals surface area contributed by atoms with Crippen molar-refractivity contribution in [2.75, 3.05) is 11.9 Å². The largest absolute Gasteiger partial charge is 0.466 e. The van der Waals surface area contributed by atoms with Crippen LogP contribution < -0.4 is 5.32 Å². The summed E-state index contributed by atoms with van der Waals surface area (Å²) in [6.45, 7) is 7.10. The second-order valence-corrected chi connectivity index (χ2v) is 5.58. The lowest BCUT2D eigenvalue weighted by molar-refractivity contribution is -0.141. The van der Waals surface area contributed by atoms with E-state index >= 15 is 0 Å². The summed E-state index contributed by atoms with van der Waals surface area (Å²) in [5.74, 6) is -1.02. The average Bonchev–Trinajstić information content (AvgIpc) is 2.37. The lowest BCUT2D eigenvalue weighted by Gasteiger charge is -2.20. The summed E-state index contributed by atoms with van der Waals surface area (Å²) in [5, 5.41) is 2.52. The Labute approximate surface area is 129 Å². The molecule has 1 N–H and O–H groups in total. The van der Waals surface area contributed by atoms with E-state index in [0.717, 1.165) is 0 Å². The first-order chi connectivity index (χ1) is 10.2. The van der Waals surface area contributed by atoms with Gasteiger partial charge in [-0.25, -0.2) is 4.79 Å². The Bertz CT molecular complexity index is 560. The Morgan fingerprint density at radius 2 is 1.77 bits per heavy atom. The molecule has 0 unspecified atom stereocenters. The molecule has 0 aliphatic heterocycles. The van der Waals surface area contributed by atoms with E-state index in [1.165, 1.54) is 6.07 Å². The highest BCUT2D eigenvalue weighted by Crippen LogP contribution is 2.18. The summed E-state index contributed by atoms with van der Waals surface area (Å²) in [7, 11) is 0. The van der Waals surface area contributed by atoms with Crippen molar-refractivity contribution in [3.8, 4) is 0 Å². The minimum absolute atomic E-state index is 0.212. The molecule has 0 fully saturated rings. The van der Waals surface area contributed by atoms with Crippen LogP contribution in [0.4, 0.5) is 10.5 Å². The lowest BCUT2D eigenvalue weighted by Crippen LogP contribution is -2.27. The van der Waals surface area contributed by atoms with Crippen molar-refractivity contribution >= 4 is 23.5 Å². The second kappa shape index (κ2) is 7.59. The quantitative estimate of drug-likeness (QED) is 0.513. The molecule has 1 aromatic carbocycles. The Hall–Kier alpha value is -2.37. The first-order valence-corrected chi connectivity index (χ1v) is 7.00. The smallest absolute Gasteiger partial charge is 0.412 e. The van der Waals surface area contributed by atoms with Crippen molar-refractivity contribution in [2.24, 2.45) is 0 Å². The van der Waals surface area contributed by atoms with Gasteiger partial charge in [0.15, 0.2) is 5.78 Å². The molecule has 0 atom stereocenters. The molecule has 0 spiro atoms. The van der Waals surface area contributed by atoms with Crippen LogP contribution in [0.1, 0.15) is 44.5 Å². The van der Waals surface area contributed by atoms with Gasteiger partial charge in [-0.2, -0.15) is 0 Å². The third-order valence-electron chi connectivity index (χ3n) is 2.47. The third kappa shape index (κ3) is 5.95. The van der Waals surface area contributed by atoms with Gasteiger partial charge in [-0.3, -0.25) is 14.9 Å². The molecule has 0 aromatic heterocycles. The topological polar surface area (TPSA) is 81.7 Å². The molecule has 6 heteroatoms. The van der Waals surface area contributed by atoms with Gasteiger partial charge in [0, 0.05) is 5.56 Å². The SMILES string of the molecule is CCOC(=O)CC(=O)c1ccccc1NC(=O)OC(C)(C)C.